The van der Waals surface area contributed by atoms with Crippen molar-refractivity contribution in [1.29, 1.82) is 5.26 Å². The van der Waals surface area contributed by atoms with E-state index in [1.54, 1.807) is 18.3 Å². The molecule has 0 spiro atoms. The molecule has 2 unspecified atom stereocenters. The molecule has 6 nitrogen and oxygen atoms in total. The molecule has 0 amide bonds. The summed E-state index contributed by atoms with van der Waals surface area (Å²) in [4.78, 5) is 15.8. The largest absolute Gasteiger partial charge is 0.489 e. The molecule has 0 fully saturated rings. The van der Waals surface area contributed by atoms with Gasteiger partial charge in [-0.25, -0.2) is 0 Å². The molecule has 1 aliphatic rings. The number of hydrogen-bond acceptors (Lipinski definition) is 6. The van der Waals surface area contributed by atoms with E-state index in [0.717, 1.165) is 11.1 Å². The van der Waals surface area contributed by atoms with Crippen molar-refractivity contribution in [2.24, 2.45) is 5.92 Å². The zero-order valence-electron chi connectivity index (χ0n) is 21.9. The van der Waals surface area contributed by atoms with Crippen LogP contribution in [0.5, 0.6) is 11.5 Å². The Morgan fingerprint density at radius 2 is 1.93 bits per heavy atom. The number of aldehydes is 1. The van der Waals surface area contributed by atoms with Gasteiger partial charge >= 0.3 is 0 Å². The van der Waals surface area contributed by atoms with Gasteiger partial charge in [-0.1, -0.05) is 73.2 Å². The summed E-state index contributed by atoms with van der Waals surface area (Å²) >= 11 is 12.3. The van der Waals surface area contributed by atoms with E-state index in [4.69, 9.17) is 42.7 Å². The Morgan fingerprint density at radius 3 is 2.67 bits per heavy atom. The fraction of sp³-hybridized carbons (Fsp3) is 0.219. The van der Waals surface area contributed by atoms with Crippen molar-refractivity contribution in [3.05, 3.63) is 119 Å². The highest BCUT2D eigenvalue weighted by atomic mass is 35.5. The molecule has 2 atom stereocenters. The Labute approximate surface area is 244 Å². The third-order valence-electron chi connectivity index (χ3n) is 6.63. The number of pyridine rings is 1. The number of allylic oxidation sites excluding steroid dienone is 3. The first kappa shape index (κ1) is 29.1. The molecule has 0 saturated heterocycles. The third-order valence-corrected chi connectivity index (χ3v) is 7.10. The van der Waals surface area contributed by atoms with Gasteiger partial charge in [0.1, 0.15) is 36.4 Å². The molecule has 8 heteroatoms. The molecule has 2 aromatic carbocycles. The van der Waals surface area contributed by atoms with E-state index in [1.807, 2.05) is 42.5 Å². The highest BCUT2D eigenvalue weighted by molar-refractivity contribution is 6.32. The van der Waals surface area contributed by atoms with Gasteiger partial charge in [-0.05, 0) is 29.3 Å². The van der Waals surface area contributed by atoms with Gasteiger partial charge < -0.3 is 14.2 Å². The molecular weight excluding hydrogens is 547 g/mol. The first-order valence-electron chi connectivity index (χ1n) is 12.7. The molecule has 3 aromatic rings. The van der Waals surface area contributed by atoms with E-state index in [1.165, 1.54) is 12.3 Å². The topological polar surface area (TPSA) is 81.4 Å². The molecule has 1 heterocycles. The monoisotopic (exact) mass is 574 g/mol. The summed E-state index contributed by atoms with van der Waals surface area (Å²) < 4.78 is 18.6. The van der Waals surface area contributed by atoms with E-state index in [0.29, 0.717) is 41.4 Å². The standard InChI is InChI=1S/C32H28Cl2N2O4/c1-23-28(26-8-3-2-4-9-26)10-7-11-32(23,40-13-6-5-12-33)22-39-31-16-30(27(20-37)15-29(31)34)38-21-25-14-24(17-35)18-36-19-25/h2-11,14-16,18-20,23H,12-13,21-22H2,1H3/b6-5+. The number of carbonyl (C=O) groups excluding carboxylic acids is 1. The minimum absolute atomic E-state index is 0.0621. The molecule has 0 bridgehead atoms. The van der Waals surface area contributed by atoms with Gasteiger partial charge in [0.15, 0.2) is 6.29 Å². The van der Waals surface area contributed by atoms with E-state index in [2.05, 4.69) is 36.2 Å². The molecule has 204 valence electrons. The Kier molecular flexibility index (Phi) is 10.2. The van der Waals surface area contributed by atoms with Gasteiger partial charge in [0, 0.05) is 35.8 Å². The van der Waals surface area contributed by atoms with Gasteiger partial charge in [-0.15, -0.1) is 11.6 Å². The molecule has 40 heavy (non-hydrogen) atoms. The number of alkyl halides is 1. The van der Waals surface area contributed by atoms with Crippen molar-refractivity contribution in [2.45, 2.75) is 19.1 Å². The first-order valence-corrected chi connectivity index (χ1v) is 13.6. The number of halogens is 2. The maximum atomic E-state index is 11.8. The van der Waals surface area contributed by atoms with Crippen LogP contribution >= 0.6 is 23.2 Å². The predicted molar refractivity (Wildman–Crippen MR) is 157 cm³/mol. The van der Waals surface area contributed by atoms with Crippen LogP contribution in [0, 0.1) is 17.2 Å². The number of nitrogens with zero attached hydrogens (tertiary/aromatic N) is 2. The van der Waals surface area contributed by atoms with Crippen LogP contribution in [0.15, 0.2) is 91.3 Å². The second kappa shape index (κ2) is 14.0. The van der Waals surface area contributed by atoms with Crippen LogP contribution in [0.3, 0.4) is 0 Å². The Morgan fingerprint density at radius 1 is 1.10 bits per heavy atom. The number of aromatic nitrogens is 1. The number of hydrogen-bond donors (Lipinski definition) is 0. The maximum absolute atomic E-state index is 11.8. The number of rotatable bonds is 12. The summed E-state index contributed by atoms with van der Waals surface area (Å²) in [6.07, 6.45) is 13.5. The smallest absolute Gasteiger partial charge is 0.153 e. The lowest BCUT2D eigenvalue weighted by atomic mass is 9.77. The molecule has 1 aliphatic carbocycles. The normalized spacial score (nSPS) is 18.2. The van der Waals surface area contributed by atoms with Crippen molar-refractivity contribution in [3.63, 3.8) is 0 Å². The quantitative estimate of drug-likeness (QED) is 0.129. The summed E-state index contributed by atoms with van der Waals surface area (Å²) in [5.41, 5.74) is 2.79. The number of benzene rings is 2. The maximum Gasteiger partial charge on any atom is 0.153 e. The summed E-state index contributed by atoms with van der Waals surface area (Å²) in [7, 11) is 0. The number of nitriles is 1. The van der Waals surface area contributed by atoms with E-state index >= 15 is 0 Å². The lowest BCUT2D eigenvalue weighted by Crippen LogP contribution is -2.45. The summed E-state index contributed by atoms with van der Waals surface area (Å²) in [6.45, 7) is 2.70. The third kappa shape index (κ3) is 7.00. The average molecular weight is 575 g/mol. The van der Waals surface area contributed by atoms with Crippen molar-refractivity contribution in [1.82, 2.24) is 4.98 Å². The van der Waals surface area contributed by atoms with Crippen LogP contribution in [-0.2, 0) is 11.3 Å². The minimum atomic E-state index is -0.812. The van der Waals surface area contributed by atoms with Crippen LogP contribution in [-0.4, -0.2) is 36.0 Å². The molecule has 0 radical (unpaired) electrons. The van der Waals surface area contributed by atoms with Gasteiger partial charge in [-0.2, -0.15) is 5.26 Å². The van der Waals surface area contributed by atoms with Crippen molar-refractivity contribution < 1.29 is 19.0 Å². The van der Waals surface area contributed by atoms with Crippen molar-refractivity contribution >= 4 is 35.1 Å². The lowest BCUT2D eigenvalue weighted by molar-refractivity contribution is -0.0472. The minimum Gasteiger partial charge on any atom is -0.489 e. The number of carbonyl (C=O) groups is 1. The zero-order chi connectivity index (χ0) is 28.4. The van der Waals surface area contributed by atoms with Crippen molar-refractivity contribution in [2.75, 3.05) is 19.1 Å². The van der Waals surface area contributed by atoms with Gasteiger partial charge in [0.05, 0.1) is 22.8 Å². The van der Waals surface area contributed by atoms with Gasteiger partial charge in [0.2, 0.25) is 0 Å². The summed E-state index contributed by atoms with van der Waals surface area (Å²) in [6, 6.07) is 17.0. The lowest BCUT2D eigenvalue weighted by Gasteiger charge is -2.39. The molecule has 0 saturated carbocycles. The SMILES string of the molecule is CC1C(c2ccccc2)=CC=CC1(COc1cc(OCc2cncc(C#N)c2)c(C=O)cc1Cl)OC/C=C/CCl. The predicted octanol–water partition coefficient (Wildman–Crippen LogP) is 7.22. The second-order valence-electron chi connectivity index (χ2n) is 9.17. The molecule has 0 aliphatic heterocycles. The van der Waals surface area contributed by atoms with Gasteiger partial charge in [0.25, 0.3) is 0 Å². The fourth-order valence-corrected chi connectivity index (χ4v) is 4.78. The highest BCUT2D eigenvalue weighted by Gasteiger charge is 2.40. The van der Waals surface area contributed by atoms with Crippen LogP contribution in [0.2, 0.25) is 5.02 Å². The fourth-order valence-electron chi connectivity index (χ4n) is 4.42. The van der Waals surface area contributed by atoms with E-state index in [-0.39, 0.29) is 29.7 Å². The van der Waals surface area contributed by atoms with E-state index in [9.17, 15) is 4.79 Å². The van der Waals surface area contributed by atoms with Crippen molar-refractivity contribution in [3.8, 4) is 17.6 Å². The van der Waals surface area contributed by atoms with Crippen LogP contribution in [0.1, 0.15) is 34.0 Å². The molecule has 1 aromatic heterocycles. The Balaban J connectivity index is 1.58. The highest BCUT2D eigenvalue weighted by Crippen LogP contribution is 2.40. The number of ether oxygens (including phenoxy) is 3. The zero-order valence-corrected chi connectivity index (χ0v) is 23.4. The molecular formula is C32H28Cl2N2O4. The van der Waals surface area contributed by atoms with E-state index < -0.39 is 5.60 Å². The van der Waals surface area contributed by atoms with Crippen LogP contribution < -0.4 is 9.47 Å². The molecule has 4 rings (SSSR count). The van der Waals surface area contributed by atoms with Crippen LogP contribution in [0.4, 0.5) is 0 Å². The molecule has 0 N–H and O–H groups in total. The van der Waals surface area contributed by atoms with Crippen LogP contribution in [0.25, 0.3) is 5.57 Å². The summed E-state index contributed by atoms with van der Waals surface area (Å²) in [5, 5.41) is 9.40. The van der Waals surface area contributed by atoms with Gasteiger partial charge in [-0.3, -0.25) is 9.78 Å². The second-order valence-corrected chi connectivity index (χ2v) is 9.89. The Bertz CT molecular complexity index is 1460. The summed E-state index contributed by atoms with van der Waals surface area (Å²) in [5.74, 6) is 0.981. The Hall–Kier alpha value is -3.89. The average Bonchev–Trinajstić information content (AvgIpc) is 2.99. The first-order chi connectivity index (χ1) is 19.5.